The minimum atomic E-state index is -0.531. The van der Waals surface area contributed by atoms with Gasteiger partial charge in [-0.15, -0.1) is 0 Å². The largest absolute Gasteiger partial charge is 0.466 e. The summed E-state index contributed by atoms with van der Waals surface area (Å²) in [6.45, 7) is 2.12. The lowest BCUT2D eigenvalue weighted by atomic mass is 10.0. The van der Waals surface area contributed by atoms with Gasteiger partial charge < -0.3 is 4.74 Å². The normalized spacial score (nSPS) is 21.0. The van der Waals surface area contributed by atoms with E-state index < -0.39 is 5.82 Å². The zero-order valence-corrected chi connectivity index (χ0v) is 12.1. The Bertz CT molecular complexity index is 515. The zero-order valence-electron chi connectivity index (χ0n) is 10.5. The third-order valence-electron chi connectivity index (χ3n) is 3.22. The SMILES string of the molecule is CCOC(=O)[C@H]1C[C@@H]1c1ccc(C(=O)CBr)c(F)c1. The van der Waals surface area contributed by atoms with Crippen LogP contribution in [0.3, 0.4) is 0 Å². The number of hydrogen-bond acceptors (Lipinski definition) is 3. The Morgan fingerprint density at radius 1 is 1.47 bits per heavy atom. The second-order valence-corrected chi connectivity index (χ2v) is 5.06. The standard InChI is InChI=1S/C14H14BrFO3/c1-2-19-14(18)11-6-10(11)8-3-4-9(12(16)5-8)13(17)7-15/h3-5,10-11H,2,6-7H2,1H3/t10-,11+/m1/s1. The molecule has 0 radical (unpaired) electrons. The Morgan fingerprint density at radius 3 is 2.79 bits per heavy atom. The van der Waals surface area contributed by atoms with E-state index in [0.717, 1.165) is 5.56 Å². The van der Waals surface area contributed by atoms with Crippen molar-refractivity contribution in [1.82, 2.24) is 0 Å². The zero-order chi connectivity index (χ0) is 14.0. The molecule has 2 rings (SSSR count). The van der Waals surface area contributed by atoms with E-state index in [9.17, 15) is 14.0 Å². The molecule has 102 valence electrons. The van der Waals surface area contributed by atoms with Crippen LogP contribution in [0.2, 0.25) is 0 Å². The molecule has 1 aromatic carbocycles. The molecule has 0 unspecified atom stereocenters. The van der Waals surface area contributed by atoms with Crippen LogP contribution in [0.1, 0.15) is 35.2 Å². The van der Waals surface area contributed by atoms with Crippen LogP contribution in [-0.4, -0.2) is 23.7 Å². The van der Waals surface area contributed by atoms with Gasteiger partial charge in [0, 0.05) is 0 Å². The first-order valence-corrected chi connectivity index (χ1v) is 7.25. The molecule has 3 nitrogen and oxygen atoms in total. The average Bonchev–Trinajstić information content (AvgIpc) is 3.18. The van der Waals surface area contributed by atoms with Crippen LogP contribution in [0, 0.1) is 11.7 Å². The van der Waals surface area contributed by atoms with Gasteiger partial charge in [-0.3, -0.25) is 9.59 Å². The molecule has 1 fully saturated rings. The third kappa shape index (κ3) is 3.03. The van der Waals surface area contributed by atoms with Crippen LogP contribution in [0.4, 0.5) is 4.39 Å². The number of carbonyl (C=O) groups is 2. The number of ketones is 1. The van der Waals surface area contributed by atoms with Gasteiger partial charge in [0.25, 0.3) is 0 Å². The van der Waals surface area contributed by atoms with E-state index >= 15 is 0 Å². The maximum atomic E-state index is 13.8. The van der Waals surface area contributed by atoms with Crippen LogP contribution >= 0.6 is 15.9 Å². The Labute approximate surface area is 119 Å². The van der Waals surface area contributed by atoms with Gasteiger partial charge in [-0.05, 0) is 37.0 Å². The van der Waals surface area contributed by atoms with Gasteiger partial charge in [-0.25, -0.2) is 4.39 Å². The molecule has 0 spiro atoms. The number of Topliss-reactive ketones (excluding diaryl/α,β-unsaturated/α-hetero) is 1. The molecular weight excluding hydrogens is 315 g/mol. The smallest absolute Gasteiger partial charge is 0.309 e. The lowest BCUT2D eigenvalue weighted by Crippen LogP contribution is -2.08. The molecule has 0 amide bonds. The lowest BCUT2D eigenvalue weighted by molar-refractivity contribution is -0.144. The van der Waals surface area contributed by atoms with Crippen molar-refractivity contribution >= 4 is 27.7 Å². The summed E-state index contributed by atoms with van der Waals surface area (Å²) in [7, 11) is 0. The topological polar surface area (TPSA) is 43.4 Å². The monoisotopic (exact) mass is 328 g/mol. The second-order valence-electron chi connectivity index (χ2n) is 4.50. The molecular formula is C14H14BrFO3. The van der Waals surface area contributed by atoms with Crippen LogP contribution < -0.4 is 0 Å². The number of ether oxygens (including phenoxy) is 1. The van der Waals surface area contributed by atoms with Crippen molar-refractivity contribution in [2.24, 2.45) is 5.92 Å². The molecule has 0 saturated heterocycles. The van der Waals surface area contributed by atoms with E-state index in [-0.39, 0.29) is 34.5 Å². The van der Waals surface area contributed by atoms with Crippen LogP contribution in [0.15, 0.2) is 18.2 Å². The average molecular weight is 329 g/mol. The summed E-state index contributed by atoms with van der Waals surface area (Å²) in [5.74, 6) is -1.20. The van der Waals surface area contributed by atoms with Gasteiger partial charge in [0.05, 0.1) is 23.4 Å². The van der Waals surface area contributed by atoms with Crippen molar-refractivity contribution < 1.29 is 18.7 Å². The number of esters is 1. The van der Waals surface area contributed by atoms with Gasteiger partial charge in [0.2, 0.25) is 0 Å². The fourth-order valence-electron chi connectivity index (χ4n) is 2.13. The molecule has 0 N–H and O–H groups in total. The summed E-state index contributed by atoms with van der Waals surface area (Å²) in [6, 6.07) is 4.54. The number of halogens is 2. The van der Waals surface area contributed by atoms with E-state index in [2.05, 4.69) is 15.9 Å². The number of alkyl halides is 1. The third-order valence-corrected chi connectivity index (χ3v) is 3.73. The second kappa shape index (κ2) is 5.82. The molecule has 1 aliphatic carbocycles. The van der Waals surface area contributed by atoms with Gasteiger partial charge in [-0.2, -0.15) is 0 Å². The van der Waals surface area contributed by atoms with Gasteiger partial charge >= 0.3 is 5.97 Å². The molecule has 1 saturated carbocycles. The van der Waals surface area contributed by atoms with Crippen LogP contribution in [0.25, 0.3) is 0 Å². The first-order chi connectivity index (χ1) is 9.08. The van der Waals surface area contributed by atoms with Gasteiger partial charge in [0.15, 0.2) is 5.78 Å². The highest BCUT2D eigenvalue weighted by atomic mass is 79.9. The van der Waals surface area contributed by atoms with Gasteiger partial charge in [-0.1, -0.05) is 22.0 Å². The summed E-state index contributed by atoms with van der Waals surface area (Å²) < 4.78 is 18.7. The minimum Gasteiger partial charge on any atom is -0.466 e. The summed E-state index contributed by atoms with van der Waals surface area (Å²) in [6.07, 6.45) is 0.685. The number of rotatable bonds is 5. The lowest BCUT2D eigenvalue weighted by Gasteiger charge is -2.04. The van der Waals surface area contributed by atoms with Crippen molar-refractivity contribution in [3.05, 3.63) is 35.1 Å². The first-order valence-electron chi connectivity index (χ1n) is 6.13. The summed E-state index contributed by atoms with van der Waals surface area (Å²) in [5, 5.41) is 0.0954. The number of hydrogen-bond donors (Lipinski definition) is 0. The van der Waals surface area contributed by atoms with E-state index in [1.807, 2.05) is 0 Å². The summed E-state index contributed by atoms with van der Waals surface area (Å²) >= 11 is 3.01. The molecule has 0 aliphatic heterocycles. The predicted octanol–water partition coefficient (Wildman–Crippen LogP) is 3.07. The quantitative estimate of drug-likeness (QED) is 0.474. The van der Waals surface area contributed by atoms with Crippen molar-refractivity contribution in [1.29, 1.82) is 0 Å². The molecule has 2 atom stereocenters. The van der Waals surface area contributed by atoms with Crippen LogP contribution in [-0.2, 0) is 9.53 Å². The Hall–Kier alpha value is -1.23. The van der Waals surface area contributed by atoms with E-state index in [1.54, 1.807) is 13.0 Å². The molecule has 1 aliphatic rings. The first kappa shape index (κ1) is 14.2. The van der Waals surface area contributed by atoms with Gasteiger partial charge in [0.1, 0.15) is 5.82 Å². The molecule has 0 bridgehead atoms. The maximum absolute atomic E-state index is 13.8. The Kier molecular flexibility index (Phi) is 4.34. The highest BCUT2D eigenvalue weighted by Crippen LogP contribution is 2.48. The van der Waals surface area contributed by atoms with E-state index in [4.69, 9.17) is 4.74 Å². The predicted molar refractivity (Wildman–Crippen MR) is 72.0 cm³/mol. The number of benzene rings is 1. The van der Waals surface area contributed by atoms with Crippen LogP contribution in [0.5, 0.6) is 0 Å². The minimum absolute atomic E-state index is 0.0154. The maximum Gasteiger partial charge on any atom is 0.309 e. The highest BCUT2D eigenvalue weighted by molar-refractivity contribution is 9.09. The number of carbonyl (C=O) groups excluding carboxylic acids is 2. The Balaban J connectivity index is 2.10. The summed E-state index contributed by atoms with van der Waals surface area (Å²) in [4.78, 5) is 22.9. The Morgan fingerprint density at radius 2 is 2.21 bits per heavy atom. The molecule has 19 heavy (non-hydrogen) atoms. The van der Waals surface area contributed by atoms with Crippen molar-refractivity contribution in [3.63, 3.8) is 0 Å². The van der Waals surface area contributed by atoms with Crippen molar-refractivity contribution in [3.8, 4) is 0 Å². The molecule has 1 aromatic rings. The molecule has 5 heteroatoms. The van der Waals surface area contributed by atoms with E-state index in [0.29, 0.717) is 13.0 Å². The fraction of sp³-hybridized carbons (Fsp3) is 0.429. The molecule has 0 heterocycles. The highest BCUT2D eigenvalue weighted by Gasteiger charge is 2.45. The van der Waals surface area contributed by atoms with E-state index in [1.165, 1.54) is 12.1 Å². The van der Waals surface area contributed by atoms with Crippen molar-refractivity contribution in [2.45, 2.75) is 19.3 Å². The van der Waals surface area contributed by atoms with Crippen molar-refractivity contribution in [2.75, 3.05) is 11.9 Å². The fourth-order valence-corrected chi connectivity index (χ4v) is 2.44. The molecule has 0 aromatic heterocycles. The summed E-state index contributed by atoms with van der Waals surface area (Å²) in [5.41, 5.74) is 0.829.